The van der Waals surface area contributed by atoms with E-state index >= 15 is 0 Å². The molecule has 140 valence electrons. The molecule has 0 spiro atoms. The van der Waals surface area contributed by atoms with Crippen LogP contribution in [0.4, 0.5) is 11.5 Å². The number of hydrogen-bond donors (Lipinski definition) is 2. The predicted molar refractivity (Wildman–Crippen MR) is 107 cm³/mol. The van der Waals surface area contributed by atoms with Gasteiger partial charge < -0.3 is 20.5 Å². The molecule has 0 amide bonds. The fourth-order valence-corrected chi connectivity index (χ4v) is 3.76. The standard InChI is InChI=1S/C18H20N6O2S/c1-12(27-15-9-25-10-15)21-16-8-24-17(22-16)5-6-18(23-24)26-14-4-2-3-13(7-14)20-11-19/h2-8,11-12,15,21H,9-10H2,1H3,(H2,19,20). The summed E-state index contributed by atoms with van der Waals surface area (Å²) >= 11 is 1.85. The van der Waals surface area contributed by atoms with Crippen LogP contribution in [0.5, 0.6) is 11.6 Å². The van der Waals surface area contributed by atoms with Crippen LogP contribution >= 0.6 is 11.8 Å². The maximum Gasteiger partial charge on any atom is 0.237 e. The first-order valence-electron chi connectivity index (χ1n) is 8.58. The molecule has 3 aromatic rings. The molecule has 0 radical (unpaired) electrons. The summed E-state index contributed by atoms with van der Waals surface area (Å²) in [5.74, 6) is 1.88. The van der Waals surface area contributed by atoms with Crippen LogP contribution in [0.25, 0.3) is 5.65 Å². The number of rotatable bonds is 7. The van der Waals surface area contributed by atoms with Gasteiger partial charge in [-0.3, -0.25) is 0 Å². The van der Waals surface area contributed by atoms with Gasteiger partial charge in [0.05, 0.1) is 42.1 Å². The predicted octanol–water partition coefficient (Wildman–Crippen LogP) is 3.03. The highest BCUT2D eigenvalue weighted by Crippen LogP contribution is 2.26. The smallest absolute Gasteiger partial charge is 0.237 e. The fraction of sp³-hybridized carbons (Fsp3) is 0.278. The lowest BCUT2D eigenvalue weighted by molar-refractivity contribution is 0.0454. The molecule has 9 heteroatoms. The van der Waals surface area contributed by atoms with Crippen LogP contribution in [-0.2, 0) is 4.74 Å². The van der Waals surface area contributed by atoms with Gasteiger partial charge in [0.2, 0.25) is 5.88 Å². The Bertz CT molecular complexity index is 956. The monoisotopic (exact) mass is 384 g/mol. The number of nitrogens with two attached hydrogens (primary N) is 1. The number of benzene rings is 1. The first kappa shape index (κ1) is 17.6. The topological polar surface area (TPSA) is 99.1 Å². The molecule has 2 aromatic heterocycles. The molecule has 3 heterocycles. The van der Waals surface area contributed by atoms with Gasteiger partial charge in [-0.2, -0.15) is 0 Å². The summed E-state index contributed by atoms with van der Waals surface area (Å²) in [5.41, 5.74) is 6.79. The van der Waals surface area contributed by atoms with Crippen molar-refractivity contribution in [1.82, 2.24) is 14.6 Å². The van der Waals surface area contributed by atoms with E-state index in [1.54, 1.807) is 16.6 Å². The zero-order valence-corrected chi connectivity index (χ0v) is 15.6. The molecule has 0 aliphatic carbocycles. The van der Waals surface area contributed by atoms with Gasteiger partial charge in [0, 0.05) is 12.1 Å². The molecule has 1 aliphatic rings. The lowest BCUT2D eigenvalue weighted by Crippen LogP contribution is -2.33. The molecule has 3 N–H and O–H groups in total. The highest BCUT2D eigenvalue weighted by atomic mass is 32.2. The van der Waals surface area contributed by atoms with E-state index in [1.165, 1.54) is 6.34 Å². The van der Waals surface area contributed by atoms with Gasteiger partial charge in [0.25, 0.3) is 0 Å². The third-order valence-corrected chi connectivity index (χ3v) is 5.10. The maximum absolute atomic E-state index is 5.83. The minimum atomic E-state index is 0.241. The Labute approximate surface area is 160 Å². The quantitative estimate of drug-likeness (QED) is 0.367. The summed E-state index contributed by atoms with van der Waals surface area (Å²) in [6.07, 6.45) is 3.10. The van der Waals surface area contributed by atoms with Crippen molar-refractivity contribution >= 4 is 35.3 Å². The molecule has 1 unspecified atom stereocenters. The molecule has 1 saturated heterocycles. The van der Waals surface area contributed by atoms with Crippen LogP contribution in [0.2, 0.25) is 0 Å². The first-order valence-corrected chi connectivity index (χ1v) is 9.52. The number of imidazole rings is 1. The van der Waals surface area contributed by atoms with Crippen molar-refractivity contribution in [3.05, 3.63) is 42.6 Å². The summed E-state index contributed by atoms with van der Waals surface area (Å²) in [5, 5.41) is 8.65. The summed E-state index contributed by atoms with van der Waals surface area (Å²) in [6, 6.07) is 11.0. The Morgan fingerprint density at radius 2 is 2.30 bits per heavy atom. The average Bonchev–Trinajstić information content (AvgIpc) is 3.00. The van der Waals surface area contributed by atoms with E-state index in [0.717, 1.165) is 24.7 Å². The van der Waals surface area contributed by atoms with Gasteiger partial charge in [-0.15, -0.1) is 16.9 Å². The van der Waals surface area contributed by atoms with Crippen LogP contribution in [0, 0.1) is 0 Å². The van der Waals surface area contributed by atoms with Crippen LogP contribution in [0.3, 0.4) is 0 Å². The Kier molecular flexibility index (Phi) is 5.12. The Hall–Kier alpha value is -2.78. The summed E-state index contributed by atoms with van der Waals surface area (Å²) in [6.45, 7) is 3.76. The van der Waals surface area contributed by atoms with Crippen molar-refractivity contribution in [2.24, 2.45) is 10.7 Å². The summed E-state index contributed by atoms with van der Waals surface area (Å²) < 4.78 is 12.7. The molecule has 27 heavy (non-hydrogen) atoms. The van der Waals surface area contributed by atoms with Crippen molar-refractivity contribution in [3.8, 4) is 11.6 Å². The number of aliphatic imine (C=N–C) groups is 1. The van der Waals surface area contributed by atoms with Gasteiger partial charge >= 0.3 is 0 Å². The van der Waals surface area contributed by atoms with Gasteiger partial charge in [-0.1, -0.05) is 6.07 Å². The second-order valence-electron chi connectivity index (χ2n) is 6.06. The number of thioether (sulfide) groups is 1. The number of hydrogen-bond acceptors (Lipinski definition) is 7. The van der Waals surface area contributed by atoms with Crippen LogP contribution in [0.15, 0.2) is 47.6 Å². The molecular formula is C18H20N6O2S. The zero-order valence-electron chi connectivity index (χ0n) is 14.8. The van der Waals surface area contributed by atoms with Crippen molar-refractivity contribution < 1.29 is 9.47 Å². The van der Waals surface area contributed by atoms with Gasteiger partial charge in [0.15, 0.2) is 5.65 Å². The van der Waals surface area contributed by atoms with Gasteiger partial charge in [-0.05, 0) is 25.1 Å². The van der Waals surface area contributed by atoms with Crippen LogP contribution in [0.1, 0.15) is 6.92 Å². The summed E-state index contributed by atoms with van der Waals surface area (Å²) in [4.78, 5) is 8.59. The van der Waals surface area contributed by atoms with Crippen molar-refractivity contribution in [1.29, 1.82) is 0 Å². The lowest BCUT2D eigenvalue weighted by atomic mass is 10.3. The van der Waals surface area contributed by atoms with Crippen LogP contribution < -0.4 is 15.8 Å². The summed E-state index contributed by atoms with van der Waals surface area (Å²) in [7, 11) is 0. The highest BCUT2D eigenvalue weighted by Gasteiger charge is 2.21. The second-order valence-corrected chi connectivity index (χ2v) is 7.71. The number of nitrogens with zero attached hydrogens (tertiary/aromatic N) is 4. The number of nitrogens with one attached hydrogen (secondary N) is 1. The molecule has 1 atom stereocenters. The largest absolute Gasteiger partial charge is 0.438 e. The molecule has 1 aliphatic heterocycles. The Morgan fingerprint density at radius 3 is 3.07 bits per heavy atom. The molecule has 1 fully saturated rings. The number of fused-ring (bicyclic) bond motifs is 1. The molecular weight excluding hydrogens is 364 g/mol. The lowest BCUT2D eigenvalue weighted by Gasteiger charge is -2.28. The fourth-order valence-electron chi connectivity index (χ4n) is 2.65. The van der Waals surface area contributed by atoms with E-state index in [9.17, 15) is 0 Å². The van der Waals surface area contributed by atoms with Crippen molar-refractivity contribution in [2.75, 3.05) is 18.5 Å². The average molecular weight is 384 g/mol. The van der Waals surface area contributed by atoms with Gasteiger partial charge in [0.1, 0.15) is 11.6 Å². The molecule has 4 rings (SSSR count). The number of aromatic nitrogens is 3. The minimum Gasteiger partial charge on any atom is -0.438 e. The molecule has 8 nitrogen and oxygen atoms in total. The van der Waals surface area contributed by atoms with Gasteiger partial charge in [-0.25, -0.2) is 14.5 Å². The van der Waals surface area contributed by atoms with E-state index in [1.807, 2.05) is 42.2 Å². The van der Waals surface area contributed by atoms with E-state index in [-0.39, 0.29) is 5.37 Å². The normalized spacial score (nSPS) is 15.7. The minimum absolute atomic E-state index is 0.241. The Morgan fingerprint density at radius 1 is 1.41 bits per heavy atom. The van der Waals surface area contributed by atoms with E-state index in [2.05, 4.69) is 27.3 Å². The van der Waals surface area contributed by atoms with Crippen LogP contribution in [-0.4, -0.2) is 44.8 Å². The highest BCUT2D eigenvalue weighted by molar-refractivity contribution is 8.00. The third-order valence-electron chi connectivity index (χ3n) is 3.91. The van der Waals surface area contributed by atoms with Crippen molar-refractivity contribution in [2.45, 2.75) is 17.5 Å². The van der Waals surface area contributed by atoms with E-state index in [0.29, 0.717) is 22.6 Å². The third kappa shape index (κ3) is 4.32. The number of anilines is 1. The number of ether oxygens (including phenoxy) is 2. The maximum atomic E-state index is 5.83. The van der Waals surface area contributed by atoms with Crippen molar-refractivity contribution in [3.63, 3.8) is 0 Å². The first-order chi connectivity index (χ1) is 13.2. The molecule has 0 bridgehead atoms. The SMILES string of the molecule is CC(Nc1cn2nc(Oc3cccc(N=CN)c3)ccc2n1)SC1COC1. The molecule has 0 saturated carbocycles. The van der Waals surface area contributed by atoms with E-state index in [4.69, 9.17) is 15.2 Å². The van der Waals surface area contributed by atoms with E-state index < -0.39 is 0 Å². The Balaban J connectivity index is 1.46. The second kappa shape index (κ2) is 7.85. The zero-order chi connectivity index (χ0) is 18.6. The molecule has 1 aromatic carbocycles.